The van der Waals surface area contributed by atoms with Crippen molar-refractivity contribution in [3.63, 3.8) is 0 Å². The first-order valence-electron chi connectivity index (χ1n) is 10.1. The normalized spacial score (nSPS) is 11.5. The highest BCUT2D eigenvalue weighted by atomic mass is 32.2. The van der Waals surface area contributed by atoms with Crippen LogP contribution in [-0.2, 0) is 10.0 Å². The van der Waals surface area contributed by atoms with E-state index >= 15 is 0 Å². The molecule has 7 heteroatoms. The minimum Gasteiger partial charge on any atom is -0.367 e. The molecular weight excluding hydrogens is 384 g/mol. The number of benzene rings is 2. The van der Waals surface area contributed by atoms with Gasteiger partial charge in [-0.1, -0.05) is 62.4 Å². The van der Waals surface area contributed by atoms with Crippen molar-refractivity contribution < 1.29 is 8.42 Å². The fraction of sp³-hybridized carbons (Fsp3) is 0.364. The van der Waals surface area contributed by atoms with E-state index in [1.807, 2.05) is 31.2 Å². The maximum Gasteiger partial charge on any atom is 0.263 e. The summed E-state index contributed by atoms with van der Waals surface area (Å²) in [6, 6.07) is 14.2. The number of para-hydroxylation sites is 2. The quantitative estimate of drug-likeness (QED) is 0.452. The number of sulfonamides is 1. The van der Waals surface area contributed by atoms with Crippen molar-refractivity contribution in [2.24, 2.45) is 0 Å². The number of nitrogens with zero attached hydrogens (tertiary/aromatic N) is 2. The molecule has 154 valence electrons. The predicted molar refractivity (Wildman–Crippen MR) is 119 cm³/mol. The van der Waals surface area contributed by atoms with Gasteiger partial charge >= 0.3 is 0 Å². The summed E-state index contributed by atoms with van der Waals surface area (Å²) < 4.78 is 28.3. The Balaban J connectivity index is 1.83. The highest BCUT2D eigenvalue weighted by molar-refractivity contribution is 7.92. The van der Waals surface area contributed by atoms with E-state index in [4.69, 9.17) is 0 Å². The second-order valence-electron chi connectivity index (χ2n) is 7.17. The lowest BCUT2D eigenvalue weighted by Crippen LogP contribution is -2.17. The number of nitrogens with one attached hydrogen (secondary N) is 2. The summed E-state index contributed by atoms with van der Waals surface area (Å²) >= 11 is 0. The molecule has 0 saturated carbocycles. The largest absolute Gasteiger partial charge is 0.367 e. The standard InChI is InChI=1S/C22H28N4O2S/c1-3-4-5-6-9-16-23-21-22(25-20-11-8-7-10-19(20)24-21)26-29(27,28)18-14-12-17(2)13-15-18/h7-8,10-15H,3-6,9,16H2,1-2H3,(H,23,24)(H,25,26). The van der Waals surface area contributed by atoms with Crippen LogP contribution in [-0.4, -0.2) is 24.9 Å². The molecule has 0 saturated heterocycles. The smallest absolute Gasteiger partial charge is 0.263 e. The lowest BCUT2D eigenvalue weighted by atomic mass is 10.1. The highest BCUT2D eigenvalue weighted by Crippen LogP contribution is 2.24. The number of rotatable bonds is 10. The van der Waals surface area contributed by atoms with Gasteiger partial charge in [0.25, 0.3) is 10.0 Å². The third kappa shape index (κ3) is 5.67. The Morgan fingerprint density at radius 3 is 2.10 bits per heavy atom. The van der Waals surface area contributed by atoms with Crippen LogP contribution in [0.2, 0.25) is 0 Å². The van der Waals surface area contributed by atoms with Crippen LogP contribution < -0.4 is 10.0 Å². The molecular formula is C22H28N4O2S. The maximum absolute atomic E-state index is 12.8. The van der Waals surface area contributed by atoms with Gasteiger partial charge in [0.1, 0.15) is 0 Å². The number of unbranched alkanes of at least 4 members (excludes halogenated alkanes) is 4. The van der Waals surface area contributed by atoms with E-state index in [2.05, 4.69) is 26.9 Å². The average molecular weight is 413 g/mol. The Kier molecular flexibility index (Phi) is 7.04. The van der Waals surface area contributed by atoms with Crippen LogP contribution in [0.4, 0.5) is 11.6 Å². The molecule has 29 heavy (non-hydrogen) atoms. The zero-order valence-corrected chi connectivity index (χ0v) is 17.8. The molecule has 0 aliphatic heterocycles. The molecule has 0 amide bonds. The van der Waals surface area contributed by atoms with Crippen LogP contribution >= 0.6 is 0 Å². The molecule has 6 nitrogen and oxygen atoms in total. The third-order valence-electron chi connectivity index (χ3n) is 4.71. The van der Waals surface area contributed by atoms with Gasteiger partial charge in [0, 0.05) is 6.54 Å². The van der Waals surface area contributed by atoms with E-state index in [9.17, 15) is 8.42 Å². The van der Waals surface area contributed by atoms with E-state index in [1.165, 1.54) is 19.3 Å². The Bertz CT molecular complexity index is 1050. The Hall–Kier alpha value is -2.67. The monoisotopic (exact) mass is 412 g/mol. The Morgan fingerprint density at radius 2 is 1.45 bits per heavy atom. The molecule has 2 N–H and O–H groups in total. The van der Waals surface area contributed by atoms with Crippen molar-refractivity contribution >= 4 is 32.7 Å². The molecule has 0 spiro atoms. The Morgan fingerprint density at radius 1 is 0.828 bits per heavy atom. The van der Waals surface area contributed by atoms with E-state index in [0.717, 1.165) is 30.5 Å². The third-order valence-corrected chi connectivity index (χ3v) is 6.06. The minimum atomic E-state index is -3.76. The lowest BCUT2D eigenvalue weighted by molar-refractivity contribution is 0.601. The molecule has 0 atom stereocenters. The second-order valence-corrected chi connectivity index (χ2v) is 8.85. The summed E-state index contributed by atoms with van der Waals surface area (Å²) in [7, 11) is -3.76. The van der Waals surface area contributed by atoms with E-state index in [-0.39, 0.29) is 10.7 Å². The fourth-order valence-electron chi connectivity index (χ4n) is 3.03. The molecule has 2 aromatic carbocycles. The van der Waals surface area contributed by atoms with Crippen LogP contribution in [0.15, 0.2) is 53.4 Å². The number of hydrogen-bond acceptors (Lipinski definition) is 5. The van der Waals surface area contributed by atoms with Gasteiger partial charge in [0.05, 0.1) is 15.9 Å². The van der Waals surface area contributed by atoms with Crippen molar-refractivity contribution in [3.8, 4) is 0 Å². The van der Waals surface area contributed by atoms with E-state index in [0.29, 0.717) is 11.3 Å². The van der Waals surface area contributed by atoms with Gasteiger partial charge in [-0.15, -0.1) is 0 Å². The van der Waals surface area contributed by atoms with Crippen molar-refractivity contribution in [2.75, 3.05) is 16.6 Å². The zero-order chi connectivity index (χ0) is 20.7. The van der Waals surface area contributed by atoms with Crippen LogP contribution in [0.5, 0.6) is 0 Å². The first-order chi connectivity index (χ1) is 14.0. The summed E-state index contributed by atoms with van der Waals surface area (Å²) in [4.78, 5) is 9.31. The van der Waals surface area contributed by atoms with Gasteiger partial charge in [-0.05, 0) is 37.6 Å². The van der Waals surface area contributed by atoms with Crippen molar-refractivity contribution in [2.45, 2.75) is 50.8 Å². The molecule has 0 aliphatic rings. The van der Waals surface area contributed by atoms with E-state index < -0.39 is 10.0 Å². The van der Waals surface area contributed by atoms with Gasteiger partial charge in [0.15, 0.2) is 11.6 Å². The molecule has 0 radical (unpaired) electrons. The number of aromatic nitrogens is 2. The van der Waals surface area contributed by atoms with Gasteiger partial charge in [-0.25, -0.2) is 18.4 Å². The molecule has 1 heterocycles. The van der Waals surface area contributed by atoms with Gasteiger partial charge < -0.3 is 5.32 Å². The molecule has 1 aromatic heterocycles. The number of aryl methyl sites for hydroxylation is 1. The molecule has 3 rings (SSSR count). The minimum absolute atomic E-state index is 0.198. The Labute approximate surface area is 172 Å². The summed E-state index contributed by atoms with van der Waals surface area (Å²) in [5.74, 6) is 0.674. The SMILES string of the molecule is CCCCCCCNc1nc2ccccc2nc1NS(=O)(=O)c1ccc(C)cc1. The van der Waals surface area contributed by atoms with Crippen LogP contribution in [0, 0.1) is 6.92 Å². The maximum atomic E-state index is 12.8. The second kappa shape index (κ2) is 9.69. The zero-order valence-electron chi connectivity index (χ0n) is 17.0. The van der Waals surface area contributed by atoms with Crippen LogP contribution in [0.25, 0.3) is 11.0 Å². The van der Waals surface area contributed by atoms with Crippen molar-refractivity contribution in [1.29, 1.82) is 0 Å². The summed E-state index contributed by atoms with van der Waals surface area (Å²) in [6.45, 7) is 4.83. The molecule has 0 bridgehead atoms. The summed E-state index contributed by atoms with van der Waals surface area (Å²) in [6.07, 6.45) is 5.77. The topological polar surface area (TPSA) is 84.0 Å². The van der Waals surface area contributed by atoms with Crippen LogP contribution in [0.3, 0.4) is 0 Å². The fourth-order valence-corrected chi connectivity index (χ4v) is 4.04. The molecule has 0 aliphatic carbocycles. The lowest BCUT2D eigenvalue weighted by Gasteiger charge is -2.14. The van der Waals surface area contributed by atoms with Gasteiger partial charge in [-0.2, -0.15) is 0 Å². The summed E-state index contributed by atoms with van der Waals surface area (Å²) in [5.41, 5.74) is 2.36. The first kappa shape index (κ1) is 21.0. The van der Waals surface area contributed by atoms with Crippen LogP contribution in [0.1, 0.15) is 44.6 Å². The van der Waals surface area contributed by atoms with Gasteiger partial charge in [-0.3, -0.25) is 4.72 Å². The highest BCUT2D eigenvalue weighted by Gasteiger charge is 2.18. The number of fused-ring (bicyclic) bond motifs is 1. The van der Waals surface area contributed by atoms with Crippen molar-refractivity contribution in [1.82, 2.24) is 9.97 Å². The first-order valence-corrected chi connectivity index (χ1v) is 11.6. The molecule has 3 aromatic rings. The predicted octanol–water partition coefficient (Wildman–Crippen LogP) is 5.12. The average Bonchev–Trinajstić information content (AvgIpc) is 2.71. The summed E-state index contributed by atoms with van der Waals surface area (Å²) in [5, 5.41) is 3.26. The number of hydrogen-bond donors (Lipinski definition) is 2. The number of anilines is 2. The van der Waals surface area contributed by atoms with Crippen molar-refractivity contribution in [3.05, 3.63) is 54.1 Å². The molecule has 0 unspecified atom stereocenters. The van der Waals surface area contributed by atoms with Gasteiger partial charge in [0.2, 0.25) is 0 Å². The van der Waals surface area contributed by atoms with E-state index in [1.54, 1.807) is 24.3 Å². The molecule has 0 fully saturated rings.